The highest BCUT2D eigenvalue weighted by Gasteiger charge is 2.47. The van der Waals surface area contributed by atoms with Gasteiger partial charge in [0.25, 0.3) is 5.91 Å². The third kappa shape index (κ3) is 6.40. The number of piperazine rings is 1. The highest BCUT2D eigenvalue weighted by atomic mass is 16.5. The minimum atomic E-state index is -0.631. The number of hydrogen-bond acceptors (Lipinski definition) is 9. The first-order valence-electron chi connectivity index (χ1n) is 21.6. The van der Waals surface area contributed by atoms with Crippen molar-refractivity contribution in [2.75, 3.05) is 62.3 Å². The van der Waals surface area contributed by atoms with E-state index >= 15 is 0 Å². The molecule has 11 nitrogen and oxygen atoms in total. The molecule has 3 saturated heterocycles. The predicted molar refractivity (Wildman–Crippen MR) is 223 cm³/mol. The second kappa shape index (κ2) is 14.3. The fourth-order valence-electron chi connectivity index (χ4n) is 11.7. The van der Waals surface area contributed by atoms with Crippen molar-refractivity contribution in [1.29, 1.82) is 0 Å². The van der Waals surface area contributed by atoms with Crippen LogP contribution < -0.4 is 24.6 Å². The van der Waals surface area contributed by atoms with Crippen molar-refractivity contribution in [2.24, 2.45) is 11.3 Å². The van der Waals surface area contributed by atoms with Crippen LogP contribution in [0.4, 0.5) is 11.4 Å². The van der Waals surface area contributed by atoms with E-state index in [1.807, 2.05) is 18.2 Å². The number of nitrogens with zero attached hydrogens (tertiary/aromatic N) is 4. The summed E-state index contributed by atoms with van der Waals surface area (Å²) in [6.45, 7) is 7.72. The number of imide groups is 1. The largest absolute Gasteiger partial charge is 0.508 e. The number of piperidine rings is 2. The number of amides is 3. The zero-order chi connectivity index (χ0) is 39.8. The van der Waals surface area contributed by atoms with E-state index in [4.69, 9.17) is 9.47 Å². The number of benzene rings is 4. The zero-order valence-corrected chi connectivity index (χ0v) is 33.4. The molecule has 304 valence electrons. The molecule has 3 amide bonds. The van der Waals surface area contributed by atoms with Crippen LogP contribution >= 0.6 is 0 Å². The van der Waals surface area contributed by atoms with Crippen LogP contribution in [0.1, 0.15) is 83.0 Å². The molecule has 6 heterocycles. The second-order valence-corrected chi connectivity index (χ2v) is 18.1. The molecule has 1 aliphatic carbocycles. The number of nitrogens with one attached hydrogen (secondary N) is 1. The number of carbonyl (C=O) groups excluding carboxylic acids is 3. The first kappa shape index (κ1) is 36.5. The number of hydrogen-bond donors (Lipinski definition) is 2. The van der Waals surface area contributed by atoms with Gasteiger partial charge < -0.3 is 29.3 Å². The van der Waals surface area contributed by atoms with Crippen molar-refractivity contribution >= 4 is 29.1 Å². The number of fused-ring (bicyclic) bond motifs is 6. The number of anilines is 2. The summed E-state index contributed by atoms with van der Waals surface area (Å²) < 4.78 is 12.6. The van der Waals surface area contributed by atoms with Gasteiger partial charge in [0, 0.05) is 86.0 Å². The minimum Gasteiger partial charge on any atom is -0.508 e. The van der Waals surface area contributed by atoms with Gasteiger partial charge in [-0.25, -0.2) is 0 Å². The average Bonchev–Trinajstić information content (AvgIpc) is 3.58. The summed E-state index contributed by atoms with van der Waals surface area (Å²) in [5, 5.41) is 12.6. The third-order valence-corrected chi connectivity index (χ3v) is 14.7. The zero-order valence-electron chi connectivity index (χ0n) is 33.4. The molecular weight excluding hydrogens is 743 g/mol. The Morgan fingerprint density at radius 3 is 2.42 bits per heavy atom. The third-order valence-electron chi connectivity index (χ3n) is 14.7. The summed E-state index contributed by atoms with van der Waals surface area (Å²) in [4.78, 5) is 47.0. The molecule has 11 heteroatoms. The van der Waals surface area contributed by atoms with Crippen LogP contribution in [0.2, 0.25) is 0 Å². The summed E-state index contributed by atoms with van der Waals surface area (Å²) in [5.41, 5.74) is 7.94. The average molecular weight is 794 g/mol. The highest BCUT2D eigenvalue weighted by Crippen LogP contribution is 2.54. The monoisotopic (exact) mass is 793 g/mol. The molecule has 0 aromatic heterocycles. The summed E-state index contributed by atoms with van der Waals surface area (Å²) in [7, 11) is 0. The number of carbonyl (C=O) groups is 3. The summed E-state index contributed by atoms with van der Waals surface area (Å²) in [5.74, 6) is 2.01. The number of rotatable bonds is 6. The maximum atomic E-state index is 13.4. The van der Waals surface area contributed by atoms with Crippen LogP contribution in [-0.2, 0) is 16.1 Å². The number of aromatic hydroxyl groups is 1. The molecule has 2 N–H and O–H groups in total. The normalized spacial score (nSPS) is 26.2. The molecule has 1 unspecified atom stereocenters. The van der Waals surface area contributed by atoms with E-state index in [0.29, 0.717) is 37.2 Å². The van der Waals surface area contributed by atoms with Gasteiger partial charge >= 0.3 is 0 Å². The van der Waals surface area contributed by atoms with Crippen LogP contribution in [0.5, 0.6) is 17.2 Å². The number of phenolic OH excluding ortho intramolecular Hbond substituents is 1. The van der Waals surface area contributed by atoms with Crippen LogP contribution in [-0.4, -0.2) is 97.2 Å². The van der Waals surface area contributed by atoms with Crippen molar-refractivity contribution in [3.8, 4) is 17.2 Å². The van der Waals surface area contributed by atoms with E-state index in [9.17, 15) is 19.5 Å². The number of ether oxygens (including phenoxy) is 2. The van der Waals surface area contributed by atoms with Gasteiger partial charge in [-0.1, -0.05) is 48.5 Å². The molecule has 4 atom stereocenters. The maximum Gasteiger partial charge on any atom is 0.255 e. The summed E-state index contributed by atoms with van der Waals surface area (Å²) in [6.07, 6.45) is 5.71. The van der Waals surface area contributed by atoms with Gasteiger partial charge in [0.15, 0.2) is 0 Å². The molecule has 0 bridgehead atoms. The summed E-state index contributed by atoms with van der Waals surface area (Å²) in [6, 6.07) is 29.0. The predicted octanol–water partition coefficient (Wildman–Crippen LogP) is 6.04. The second-order valence-electron chi connectivity index (χ2n) is 18.1. The van der Waals surface area contributed by atoms with Gasteiger partial charge in [-0.3, -0.25) is 24.6 Å². The molecule has 6 aliphatic heterocycles. The lowest BCUT2D eigenvalue weighted by Gasteiger charge is -2.54. The van der Waals surface area contributed by atoms with Crippen LogP contribution in [0.25, 0.3) is 0 Å². The van der Waals surface area contributed by atoms with Crippen molar-refractivity contribution in [3.05, 3.63) is 113 Å². The molecule has 11 rings (SSSR count). The van der Waals surface area contributed by atoms with E-state index in [1.54, 1.807) is 17.0 Å². The first-order valence-corrected chi connectivity index (χ1v) is 21.6. The highest BCUT2D eigenvalue weighted by molar-refractivity contribution is 6.06. The van der Waals surface area contributed by atoms with Crippen molar-refractivity contribution in [2.45, 2.75) is 69.0 Å². The Bertz CT molecular complexity index is 2300. The van der Waals surface area contributed by atoms with Crippen LogP contribution in [0, 0.1) is 11.3 Å². The Morgan fingerprint density at radius 2 is 1.63 bits per heavy atom. The first-order chi connectivity index (χ1) is 28.8. The Labute approximate surface area is 344 Å². The van der Waals surface area contributed by atoms with E-state index < -0.39 is 11.9 Å². The molecular formula is C48H51N5O6. The lowest BCUT2D eigenvalue weighted by molar-refractivity contribution is -0.136. The van der Waals surface area contributed by atoms with E-state index in [1.165, 1.54) is 42.5 Å². The molecule has 1 saturated carbocycles. The van der Waals surface area contributed by atoms with Gasteiger partial charge in [0.05, 0.1) is 24.9 Å². The maximum absolute atomic E-state index is 13.4. The quantitative estimate of drug-likeness (QED) is 0.226. The van der Waals surface area contributed by atoms with E-state index in [-0.39, 0.29) is 41.9 Å². The van der Waals surface area contributed by atoms with Crippen molar-refractivity contribution in [3.63, 3.8) is 0 Å². The molecule has 4 fully saturated rings. The van der Waals surface area contributed by atoms with Crippen LogP contribution in [0.15, 0.2) is 84.9 Å². The van der Waals surface area contributed by atoms with E-state index in [0.717, 1.165) is 73.5 Å². The van der Waals surface area contributed by atoms with Gasteiger partial charge in [0.2, 0.25) is 11.8 Å². The van der Waals surface area contributed by atoms with Gasteiger partial charge in [-0.15, -0.1) is 0 Å². The number of phenols is 1. The topological polar surface area (TPSA) is 115 Å². The van der Waals surface area contributed by atoms with Gasteiger partial charge in [-0.2, -0.15) is 0 Å². The molecule has 59 heavy (non-hydrogen) atoms. The Morgan fingerprint density at radius 1 is 0.814 bits per heavy atom. The molecule has 4 aromatic rings. The van der Waals surface area contributed by atoms with Gasteiger partial charge in [0.1, 0.15) is 29.9 Å². The van der Waals surface area contributed by atoms with E-state index in [2.05, 4.69) is 74.6 Å². The van der Waals surface area contributed by atoms with Gasteiger partial charge in [-0.05, 0) is 84.9 Å². The summed E-state index contributed by atoms with van der Waals surface area (Å²) >= 11 is 0. The van der Waals surface area contributed by atoms with Crippen molar-refractivity contribution < 1.29 is 29.0 Å². The SMILES string of the molecule is O=C1CCC(N2Cc3c(ccc4c3OC[C@@H]3CN(CC5CC6(CCN(c7ccc([C@@H]8c9ccc(O)cc9OC[C@@H]8c8ccccc8)cc7)CC6)C5)CCN43)C2=O)C(=O)N1. The molecule has 7 aliphatic rings. The molecule has 4 aromatic carbocycles. The van der Waals surface area contributed by atoms with Crippen molar-refractivity contribution in [1.82, 2.24) is 15.1 Å². The lowest BCUT2D eigenvalue weighted by Crippen LogP contribution is -2.59. The Kier molecular flexibility index (Phi) is 8.87. The smallest absolute Gasteiger partial charge is 0.255 e. The lowest BCUT2D eigenvalue weighted by atomic mass is 9.57. The standard InChI is InChI=1S/C48H51N5O6/c54-35-10-11-37-42(22-35)58-29-39(31-4-2-1-3-5-31)44(37)32-6-8-33(9-7-32)51-18-16-48(17-19-51)23-30(24-48)25-50-20-21-52-34(26-50)28-59-45-38-27-53(41-14-15-43(55)49-46(41)56)47(57)36(38)12-13-40(45)52/h1-13,22,30,34,39,41,44,54H,14-21,23-29H2,(H,49,55,56)/t34-,39+,41?,44+/m0/s1. The van der Waals surface area contributed by atoms with Crippen LogP contribution in [0.3, 0.4) is 0 Å². The Balaban J connectivity index is 0.688. The molecule has 1 spiro atoms. The molecule has 0 radical (unpaired) electrons. The fourth-order valence-corrected chi connectivity index (χ4v) is 11.7. The Hall–Kier alpha value is -5.55. The minimum absolute atomic E-state index is 0.143. The fraction of sp³-hybridized carbons (Fsp3) is 0.438.